The lowest BCUT2D eigenvalue weighted by Crippen LogP contribution is -2.01. The highest BCUT2D eigenvalue weighted by molar-refractivity contribution is 5.24. The van der Waals surface area contributed by atoms with Crippen molar-refractivity contribution in [1.82, 2.24) is 0 Å². The molecule has 2 atom stereocenters. The molecule has 18 heavy (non-hydrogen) atoms. The fraction of sp³-hybridized carbons (Fsp3) is 0.600. The molecule has 0 heterocycles. The average molecular weight is 254 g/mol. The summed E-state index contributed by atoms with van der Waals surface area (Å²) >= 11 is 0. The summed E-state index contributed by atoms with van der Waals surface area (Å²) in [6.45, 7) is 2.27. The number of rotatable bonds is 1. The minimum atomic E-state index is -1.36. The highest BCUT2D eigenvalue weighted by Crippen LogP contribution is 2.52. The Bertz CT molecular complexity index is 432. The number of fused-ring (bicyclic) bond motifs is 1. The quantitative estimate of drug-likeness (QED) is 0.640. The van der Waals surface area contributed by atoms with Gasteiger partial charge in [0.25, 0.3) is 0 Å². The first-order valence-corrected chi connectivity index (χ1v) is 6.69. The average Bonchev–Trinajstić information content (AvgIpc) is 2.82. The van der Waals surface area contributed by atoms with Gasteiger partial charge in [0.1, 0.15) is 0 Å². The Morgan fingerprint density at radius 2 is 1.39 bits per heavy atom. The molecule has 2 unspecified atom stereocenters. The second kappa shape index (κ2) is 4.29. The summed E-state index contributed by atoms with van der Waals surface area (Å²) in [5.41, 5.74) is 0.633. The van der Waals surface area contributed by atoms with E-state index in [0.29, 0.717) is 17.4 Å². The van der Waals surface area contributed by atoms with Crippen LogP contribution in [0, 0.1) is 35.2 Å². The second-order valence-electron chi connectivity index (χ2n) is 6.06. The van der Waals surface area contributed by atoms with Crippen LogP contribution in [0.2, 0.25) is 0 Å². The van der Waals surface area contributed by atoms with Crippen molar-refractivity contribution in [3.05, 3.63) is 35.1 Å². The lowest BCUT2D eigenvalue weighted by atomic mass is 9.93. The molecule has 0 nitrogen and oxygen atoms in total. The van der Waals surface area contributed by atoms with Crippen LogP contribution in [-0.4, -0.2) is 0 Å². The van der Waals surface area contributed by atoms with E-state index in [4.69, 9.17) is 0 Å². The Hall–Kier alpha value is -0.990. The predicted octanol–water partition coefficient (Wildman–Crippen LogP) is 4.64. The molecule has 0 aliphatic heterocycles. The van der Waals surface area contributed by atoms with Gasteiger partial charge in [-0.15, -0.1) is 0 Å². The number of benzene rings is 1. The maximum absolute atomic E-state index is 13.2. The zero-order valence-corrected chi connectivity index (χ0v) is 10.4. The SMILES string of the molecule is CC1CC2CC(c3cc(F)c(F)c(F)c3)CC2C1. The molecule has 2 saturated carbocycles. The minimum absolute atomic E-state index is 0.206. The van der Waals surface area contributed by atoms with Gasteiger partial charge in [-0.25, -0.2) is 13.2 Å². The van der Waals surface area contributed by atoms with Crippen LogP contribution in [0.3, 0.4) is 0 Å². The van der Waals surface area contributed by atoms with Crippen LogP contribution in [0.15, 0.2) is 12.1 Å². The zero-order valence-electron chi connectivity index (χ0n) is 10.4. The lowest BCUT2D eigenvalue weighted by molar-refractivity contribution is 0.441. The largest absolute Gasteiger partial charge is 0.204 e. The normalized spacial score (nSPS) is 34.9. The van der Waals surface area contributed by atoms with E-state index < -0.39 is 17.5 Å². The molecule has 3 heteroatoms. The summed E-state index contributed by atoms with van der Waals surface area (Å²) in [6, 6.07) is 2.35. The van der Waals surface area contributed by atoms with E-state index in [1.807, 2.05) is 0 Å². The molecule has 98 valence electrons. The van der Waals surface area contributed by atoms with Crippen LogP contribution in [0.25, 0.3) is 0 Å². The van der Waals surface area contributed by atoms with Crippen molar-refractivity contribution in [3.8, 4) is 0 Å². The molecule has 0 spiro atoms. The van der Waals surface area contributed by atoms with E-state index in [-0.39, 0.29) is 5.92 Å². The molecule has 2 aliphatic carbocycles. The van der Waals surface area contributed by atoms with Crippen molar-refractivity contribution >= 4 is 0 Å². The second-order valence-corrected chi connectivity index (χ2v) is 6.06. The molecule has 0 radical (unpaired) electrons. The van der Waals surface area contributed by atoms with Crippen LogP contribution in [0.5, 0.6) is 0 Å². The topological polar surface area (TPSA) is 0 Å². The molecular weight excluding hydrogens is 237 g/mol. The van der Waals surface area contributed by atoms with E-state index in [9.17, 15) is 13.2 Å². The van der Waals surface area contributed by atoms with Crippen LogP contribution < -0.4 is 0 Å². The maximum Gasteiger partial charge on any atom is 0.194 e. The Balaban J connectivity index is 1.81. The molecule has 0 bridgehead atoms. The summed E-state index contributed by atoms with van der Waals surface area (Å²) in [5, 5.41) is 0. The maximum atomic E-state index is 13.2. The third-order valence-corrected chi connectivity index (χ3v) is 4.73. The lowest BCUT2D eigenvalue weighted by Gasteiger charge is -2.13. The molecule has 0 saturated heterocycles. The summed E-state index contributed by atoms with van der Waals surface area (Å²) in [4.78, 5) is 0. The van der Waals surface area contributed by atoms with Gasteiger partial charge >= 0.3 is 0 Å². The first-order valence-electron chi connectivity index (χ1n) is 6.69. The van der Waals surface area contributed by atoms with E-state index >= 15 is 0 Å². The van der Waals surface area contributed by atoms with Crippen molar-refractivity contribution in [1.29, 1.82) is 0 Å². The van der Waals surface area contributed by atoms with Gasteiger partial charge in [-0.1, -0.05) is 6.92 Å². The molecule has 0 aromatic heterocycles. The molecular formula is C15H17F3. The van der Waals surface area contributed by atoms with E-state index in [2.05, 4.69) is 6.92 Å². The van der Waals surface area contributed by atoms with Gasteiger partial charge in [0.2, 0.25) is 0 Å². The number of hydrogen-bond donors (Lipinski definition) is 0. The van der Waals surface area contributed by atoms with Crippen molar-refractivity contribution in [2.75, 3.05) is 0 Å². The van der Waals surface area contributed by atoms with Gasteiger partial charge in [-0.2, -0.15) is 0 Å². The van der Waals surface area contributed by atoms with Crippen LogP contribution >= 0.6 is 0 Å². The van der Waals surface area contributed by atoms with Gasteiger partial charge in [0.15, 0.2) is 17.5 Å². The Labute approximate surface area is 105 Å². The van der Waals surface area contributed by atoms with Gasteiger partial charge in [0.05, 0.1) is 0 Å². The fourth-order valence-electron chi connectivity index (χ4n) is 4.00. The van der Waals surface area contributed by atoms with E-state index in [1.54, 1.807) is 0 Å². The molecule has 0 amide bonds. The summed E-state index contributed by atoms with van der Waals surface area (Å²) in [5.74, 6) is -1.10. The van der Waals surface area contributed by atoms with E-state index in [1.165, 1.54) is 25.0 Å². The van der Waals surface area contributed by atoms with Crippen molar-refractivity contribution in [2.45, 2.75) is 38.5 Å². The highest BCUT2D eigenvalue weighted by Gasteiger charge is 2.40. The molecule has 1 aromatic carbocycles. The number of halogens is 3. The zero-order chi connectivity index (χ0) is 12.9. The monoisotopic (exact) mass is 254 g/mol. The molecule has 0 N–H and O–H groups in total. The Morgan fingerprint density at radius 1 is 0.889 bits per heavy atom. The summed E-state index contributed by atoms with van der Waals surface area (Å²) in [6.07, 6.45) is 4.46. The Kier molecular flexibility index (Phi) is 2.87. The summed E-state index contributed by atoms with van der Waals surface area (Å²) < 4.78 is 39.4. The first-order chi connectivity index (χ1) is 8.54. The van der Waals surface area contributed by atoms with Crippen molar-refractivity contribution in [3.63, 3.8) is 0 Å². The smallest absolute Gasteiger partial charge is 0.194 e. The minimum Gasteiger partial charge on any atom is -0.204 e. The van der Waals surface area contributed by atoms with Crippen LogP contribution in [0.1, 0.15) is 44.1 Å². The van der Waals surface area contributed by atoms with Crippen molar-refractivity contribution < 1.29 is 13.2 Å². The molecule has 3 rings (SSSR count). The fourth-order valence-corrected chi connectivity index (χ4v) is 4.00. The molecule has 1 aromatic rings. The highest BCUT2D eigenvalue weighted by atomic mass is 19.2. The summed E-state index contributed by atoms with van der Waals surface area (Å²) in [7, 11) is 0. The number of hydrogen-bond acceptors (Lipinski definition) is 0. The third kappa shape index (κ3) is 1.94. The molecule has 2 fully saturated rings. The first kappa shape index (κ1) is 12.1. The standard InChI is InChI=1S/C15H17F3/c1-8-2-9-4-11(5-10(9)3-8)12-6-13(16)15(18)14(17)7-12/h6-11H,2-5H2,1H3. The Morgan fingerprint density at radius 3 is 1.89 bits per heavy atom. The van der Waals surface area contributed by atoms with Crippen LogP contribution in [0.4, 0.5) is 13.2 Å². The predicted molar refractivity (Wildman–Crippen MR) is 63.7 cm³/mol. The van der Waals surface area contributed by atoms with Crippen molar-refractivity contribution in [2.24, 2.45) is 17.8 Å². The van der Waals surface area contributed by atoms with Gasteiger partial charge in [-0.05, 0) is 67.1 Å². The van der Waals surface area contributed by atoms with Gasteiger partial charge < -0.3 is 0 Å². The molecule has 2 aliphatic rings. The van der Waals surface area contributed by atoms with Gasteiger partial charge in [0, 0.05) is 0 Å². The third-order valence-electron chi connectivity index (χ3n) is 4.73. The van der Waals surface area contributed by atoms with Gasteiger partial charge in [-0.3, -0.25) is 0 Å². The van der Waals surface area contributed by atoms with Crippen LogP contribution in [-0.2, 0) is 0 Å². The van der Waals surface area contributed by atoms with E-state index in [0.717, 1.165) is 18.8 Å².